The van der Waals surface area contributed by atoms with Crippen molar-refractivity contribution in [2.75, 3.05) is 61.1 Å². The molecule has 35 heteroatoms. The molecule has 0 saturated carbocycles. The molecule has 8 rings (SSSR count). The van der Waals surface area contributed by atoms with Gasteiger partial charge in [-0.15, -0.1) is 0 Å². The van der Waals surface area contributed by atoms with Crippen LogP contribution in [0.5, 0.6) is 23.0 Å². The van der Waals surface area contributed by atoms with E-state index in [2.05, 4.69) is 45.0 Å². The van der Waals surface area contributed by atoms with Crippen LogP contribution in [0.15, 0.2) is 64.4 Å². The maximum absolute atomic E-state index is 14.6. The number of carbonyl (C=O) groups excluding carboxylic acids is 6. The van der Waals surface area contributed by atoms with Gasteiger partial charge in [-0.05, 0) is 128 Å². The third kappa shape index (κ3) is 22.8. The molecule has 4 saturated heterocycles. The second-order valence-corrected chi connectivity index (χ2v) is 31.2. The first kappa shape index (κ1) is 90.4. The molecule has 4 aliphatic heterocycles. The minimum Gasteiger partial charge on any atom is -0.668 e. The summed E-state index contributed by atoms with van der Waals surface area (Å²) >= 11 is 0.799. The molecule has 109 heavy (non-hydrogen) atoms. The maximum Gasteiger partial charge on any atom is 0.411 e. The third-order valence-electron chi connectivity index (χ3n) is 19.0. The van der Waals surface area contributed by atoms with Crippen molar-refractivity contribution in [3.63, 3.8) is 0 Å². The molecule has 4 fully saturated rings. The summed E-state index contributed by atoms with van der Waals surface area (Å²) in [6, 6.07) is 5.30. The Kier molecular flexibility index (Phi) is 34.3. The number of hydrogen-bond donors (Lipinski definition) is 8. The molecule has 0 aromatic heterocycles. The molecule has 2 aromatic carbocycles. The molecule has 1 radical (unpaired) electrons. The number of aliphatic hydroxyl groups is 5. The van der Waals surface area contributed by atoms with Crippen molar-refractivity contribution in [1.82, 2.24) is 21.1 Å². The number of thioether (sulfide) groups is 1. The number of hydrogen-bond acceptors (Lipinski definition) is 30. The number of fused-ring (bicyclic) bond motifs is 2. The van der Waals surface area contributed by atoms with Crippen LogP contribution >= 0.6 is 33.3 Å². The molecule has 4 heterocycles. The molecule has 0 unspecified atom stereocenters. The Morgan fingerprint density at radius 1 is 0.844 bits per heavy atom. The summed E-state index contributed by atoms with van der Waals surface area (Å²) in [5, 5.41) is 64.5. The largest absolute Gasteiger partial charge is 0.668 e. The molecule has 0 spiro atoms. The predicted octanol–water partition coefficient (Wildman–Crippen LogP) is 5.33. The Morgan fingerprint density at radius 2 is 1.54 bits per heavy atom. The molecular weight excluding hydrogens is 1560 g/mol. The fraction of sp³-hybridized carbons (Fsp3) is 0.608. The molecule has 2 bridgehead atoms. The molecular formula is C74H99N6O25S3Y-. The number of aliphatic hydroxyl groups excluding tert-OH is 4. The molecule has 31 nitrogen and oxygen atoms in total. The number of ketones is 1. The average molecular weight is 1660 g/mol. The van der Waals surface area contributed by atoms with Crippen molar-refractivity contribution in [3.05, 3.63) is 87.3 Å². The van der Waals surface area contributed by atoms with E-state index in [1.165, 1.54) is 69.1 Å². The number of amides is 4. The third-order valence-corrected chi connectivity index (χ3v) is 23.5. The van der Waals surface area contributed by atoms with Gasteiger partial charge in [0, 0.05) is 107 Å². The smallest absolute Gasteiger partial charge is 0.411 e. The average Bonchev–Trinajstić information content (AvgIpc) is 0.755. The predicted molar refractivity (Wildman–Crippen MR) is 397 cm³/mol. The monoisotopic (exact) mass is 1660 g/mol. The number of benzene rings is 2. The molecule has 6 aliphatic rings. The number of nitrogens with zero attached hydrogens (tertiary/aromatic N) is 2. The molecule has 597 valence electrons. The molecule has 4 amide bonds. The van der Waals surface area contributed by atoms with Crippen molar-refractivity contribution in [2.24, 2.45) is 5.10 Å². The zero-order valence-electron chi connectivity index (χ0n) is 63.6. The van der Waals surface area contributed by atoms with Crippen LogP contribution in [-0.2, 0) is 99.4 Å². The van der Waals surface area contributed by atoms with Gasteiger partial charge < -0.3 is 103 Å². The van der Waals surface area contributed by atoms with Crippen LogP contribution in [0.25, 0.3) is 5.73 Å². The number of nitrogens with one attached hydrogen (secondary N) is 4. The van der Waals surface area contributed by atoms with Gasteiger partial charge in [-0.2, -0.15) is 10.6 Å². The Labute approximate surface area is 671 Å². The SMILES string of the molecule is CCN(C(C)=O)[C@H]1CO[C@@H](O[C@H]2[C@H](O[C@@H]3C#C/C=C\C#C[C@]4(O)CC(=O)C(NC(=O)OC)=C3/C4=C\CSSC(C)(C)CC(=O)N/N=C(\C)c3ccc(OCCCC([NH-])=O)cc3)O[C@H](C)[C@@H](NO[C@H]3C[C@H](O)[C@H](SC(=O)c4c(C)c(C)c(O[C@@H]5O[C@@H](C)[C@H](O)[C@@H](OC)[C@H]5O)c(OC)c4OC)[C@@H](C)O3)[C@@H]2O)C[C@@H]1OC.[Y]. The van der Waals surface area contributed by atoms with Gasteiger partial charge >= 0.3 is 6.09 Å². The van der Waals surface area contributed by atoms with Crippen molar-refractivity contribution >= 4 is 73.8 Å². The number of allylic oxidation sites excluding steroid dienone is 3. The van der Waals surface area contributed by atoms with Gasteiger partial charge in [0.05, 0.1) is 106 Å². The summed E-state index contributed by atoms with van der Waals surface area (Å²) in [4.78, 5) is 87.4. The first-order valence-corrected chi connectivity index (χ1v) is 38.4. The number of methoxy groups -OCH3 is 5. The summed E-state index contributed by atoms with van der Waals surface area (Å²) in [6.45, 7) is 17.5. The fourth-order valence-corrected chi connectivity index (χ4v) is 16.7. The molecule has 9 N–H and O–H groups in total. The minimum atomic E-state index is -2.23. The van der Waals surface area contributed by atoms with Gasteiger partial charge in [-0.1, -0.05) is 63.1 Å². The summed E-state index contributed by atoms with van der Waals surface area (Å²) in [5.74, 6) is 10.2. The fourth-order valence-electron chi connectivity index (χ4n) is 13.2. The topological polar surface area (TPSA) is 408 Å². The Bertz CT molecular complexity index is 3800. The van der Waals surface area contributed by atoms with Crippen molar-refractivity contribution in [3.8, 4) is 46.7 Å². The number of carbonyl (C=O) groups is 6. The van der Waals surface area contributed by atoms with E-state index in [1.807, 2.05) is 20.8 Å². The quantitative estimate of drug-likeness (QED) is 0.0155. The van der Waals surface area contributed by atoms with E-state index in [1.54, 1.807) is 76.8 Å². The number of hydroxylamine groups is 1. The number of Topliss-reactive ketones (excluding diaryl/α,β-unsaturated/α-hetero) is 1. The summed E-state index contributed by atoms with van der Waals surface area (Å²) in [6.07, 6.45) is -15.4. The minimum absolute atomic E-state index is 0. The molecule has 2 aromatic rings. The number of ether oxygens (including phenoxy) is 13. The van der Waals surface area contributed by atoms with Gasteiger partial charge in [0.15, 0.2) is 41.8 Å². The van der Waals surface area contributed by atoms with Gasteiger partial charge in [0.25, 0.3) is 0 Å². The van der Waals surface area contributed by atoms with Gasteiger partial charge in [-0.3, -0.25) is 29.3 Å². The van der Waals surface area contributed by atoms with E-state index >= 15 is 0 Å². The Morgan fingerprint density at radius 3 is 2.18 bits per heavy atom. The number of likely N-dealkylation sites (N-methyl/N-ethyl adjacent to an activating group) is 1. The van der Waals surface area contributed by atoms with Crippen LogP contribution in [-0.4, -0.2) is 252 Å². The number of hydrazone groups is 1. The normalized spacial score (nSPS) is 30.4. The van der Waals surface area contributed by atoms with Gasteiger partial charge in [0.1, 0.15) is 42.4 Å². The van der Waals surface area contributed by atoms with E-state index in [0.29, 0.717) is 35.6 Å². The van der Waals surface area contributed by atoms with E-state index in [9.17, 15) is 54.3 Å². The second kappa shape index (κ2) is 41.3. The zero-order valence-corrected chi connectivity index (χ0v) is 68.9. The van der Waals surface area contributed by atoms with Crippen LogP contribution in [0, 0.1) is 37.5 Å². The van der Waals surface area contributed by atoms with Gasteiger partial charge in [0.2, 0.25) is 29.0 Å². The van der Waals surface area contributed by atoms with Gasteiger partial charge in [-0.25, -0.2) is 10.2 Å². The van der Waals surface area contributed by atoms with Crippen molar-refractivity contribution < 1.29 is 153 Å². The number of alkyl carbamates (subject to hydrolysis) is 1. The van der Waals surface area contributed by atoms with E-state index in [4.69, 9.17) is 72.2 Å². The first-order chi connectivity index (χ1) is 51.3. The zero-order chi connectivity index (χ0) is 79.1. The van der Waals surface area contributed by atoms with Crippen LogP contribution in [0.4, 0.5) is 4.79 Å². The summed E-state index contributed by atoms with van der Waals surface area (Å²) in [7, 11) is 9.28. The van der Waals surface area contributed by atoms with Crippen LogP contribution in [0.1, 0.15) is 121 Å². The second-order valence-electron chi connectivity index (χ2n) is 27.0. The maximum atomic E-state index is 14.6. The van der Waals surface area contributed by atoms with Crippen molar-refractivity contribution in [2.45, 2.75) is 228 Å². The van der Waals surface area contributed by atoms with E-state index < -0.39 is 149 Å². The van der Waals surface area contributed by atoms with Crippen molar-refractivity contribution in [1.29, 1.82) is 0 Å². The molecule has 2 aliphatic carbocycles. The molecule has 19 atom stereocenters. The Hall–Kier alpha value is -5.78. The summed E-state index contributed by atoms with van der Waals surface area (Å²) < 4.78 is 77.8. The Balaban J connectivity index is 0.0000165. The van der Waals surface area contributed by atoms with E-state index in [0.717, 1.165) is 24.4 Å². The van der Waals surface area contributed by atoms with E-state index in [-0.39, 0.29) is 129 Å². The summed E-state index contributed by atoms with van der Waals surface area (Å²) in [5.41, 5.74) is 12.1. The van der Waals surface area contributed by atoms with Crippen LogP contribution in [0.3, 0.4) is 0 Å². The standard InChI is InChI=1S/C74H100N6O25S3.Y/c1-16-80(43(8)81)47-36-98-54(33-51(47)92-11)103-66-61(87)58(79-105-55-32-48(82)68(42(7)99-55)107-69(89)56-37(2)38(3)63(67(95-14)64(56)93-12)104-70-62(88)65(94-13)60(86)41(6)101-70)40(5)100-71(66)102-50-22-19-17-18-20-29-74(91)34-49(83)59(76-72(90)96-15)57(50)46(74)28-31-106-108-73(9,10)35-53(85)78-77-39(4)44-24-26-45(27-25-44)97-30-21-23-52(75)84;/h17-18,24-28,40-42,47-48,50-51,54-55,58,60-62,65-66,68,70-71,79,82,86-88,91H,16,21,23,30-36H2,1-15H3,(H4,75,76,78,84,85,90);/p-1/b18-17-,46-28+,77-39+;/t40-,41+,42-,47+,48+,50-,51+,54+,55+,58-,60+,61+,62-,65-,66-,68-,70+,71+,74+;/m1./s1. The number of rotatable bonds is 31. The first-order valence-electron chi connectivity index (χ1n) is 35.2. The van der Waals surface area contributed by atoms with Crippen LogP contribution in [0.2, 0.25) is 0 Å². The van der Waals surface area contributed by atoms with Crippen LogP contribution < -0.4 is 35.2 Å².